The largest absolute Gasteiger partial charge is 0.310 e. The Hall–Kier alpha value is -0.860. The van der Waals surface area contributed by atoms with Crippen LogP contribution in [0.4, 0.5) is 0 Å². The molecule has 1 heterocycles. The lowest BCUT2D eigenvalue weighted by Gasteiger charge is -2.22. The topological polar surface area (TPSA) is 15.3 Å². The first kappa shape index (κ1) is 13.6. The molecule has 0 bridgehead atoms. The molecule has 0 spiro atoms. The third-order valence-electron chi connectivity index (χ3n) is 3.74. The molecule has 2 heteroatoms. The Morgan fingerprint density at radius 3 is 2.61 bits per heavy atom. The van der Waals surface area contributed by atoms with Gasteiger partial charge >= 0.3 is 0 Å². The van der Waals surface area contributed by atoms with E-state index in [1.807, 2.05) is 0 Å². The van der Waals surface area contributed by atoms with Crippen LogP contribution in [0.25, 0.3) is 0 Å². The van der Waals surface area contributed by atoms with Gasteiger partial charge in [0.25, 0.3) is 0 Å². The normalized spacial score (nSPS) is 22.6. The smallest absolute Gasteiger partial charge is 0.0209 e. The summed E-state index contributed by atoms with van der Waals surface area (Å²) in [6.07, 6.45) is 1.29. The Morgan fingerprint density at radius 1 is 1.22 bits per heavy atom. The van der Waals surface area contributed by atoms with E-state index >= 15 is 0 Å². The fourth-order valence-corrected chi connectivity index (χ4v) is 2.88. The van der Waals surface area contributed by atoms with Gasteiger partial charge in [0, 0.05) is 25.2 Å². The molecule has 1 aromatic rings. The summed E-state index contributed by atoms with van der Waals surface area (Å²) in [4.78, 5) is 2.59. The van der Waals surface area contributed by atoms with Gasteiger partial charge in [-0.25, -0.2) is 0 Å². The first-order valence-electron chi connectivity index (χ1n) is 7.18. The highest BCUT2D eigenvalue weighted by atomic mass is 15.2. The fraction of sp³-hybridized carbons (Fsp3) is 0.625. The van der Waals surface area contributed by atoms with E-state index in [1.54, 1.807) is 0 Å². The number of benzene rings is 1. The zero-order valence-corrected chi connectivity index (χ0v) is 11.9. The van der Waals surface area contributed by atoms with Crippen LogP contribution in [0.5, 0.6) is 0 Å². The quantitative estimate of drug-likeness (QED) is 0.859. The lowest BCUT2D eigenvalue weighted by Crippen LogP contribution is -2.37. The third-order valence-corrected chi connectivity index (χ3v) is 3.74. The van der Waals surface area contributed by atoms with Crippen LogP contribution in [0.15, 0.2) is 30.3 Å². The van der Waals surface area contributed by atoms with Crippen molar-refractivity contribution in [2.75, 3.05) is 19.6 Å². The zero-order valence-electron chi connectivity index (χ0n) is 11.9. The minimum atomic E-state index is 0.599. The van der Waals surface area contributed by atoms with Gasteiger partial charge in [0.1, 0.15) is 0 Å². The van der Waals surface area contributed by atoms with Gasteiger partial charge in [0.05, 0.1) is 0 Å². The van der Waals surface area contributed by atoms with Gasteiger partial charge in [0.2, 0.25) is 0 Å². The zero-order chi connectivity index (χ0) is 13.0. The average Bonchev–Trinajstić information content (AvgIpc) is 2.76. The summed E-state index contributed by atoms with van der Waals surface area (Å²) >= 11 is 0. The monoisotopic (exact) mass is 246 g/mol. The van der Waals surface area contributed by atoms with Crippen LogP contribution in [-0.4, -0.2) is 36.6 Å². The molecule has 1 saturated heterocycles. The van der Waals surface area contributed by atoms with Crippen LogP contribution < -0.4 is 5.32 Å². The van der Waals surface area contributed by atoms with Crippen molar-refractivity contribution in [3.63, 3.8) is 0 Å². The predicted molar refractivity (Wildman–Crippen MR) is 78.0 cm³/mol. The summed E-state index contributed by atoms with van der Waals surface area (Å²) in [6, 6.07) is 12.1. The number of hydrogen-bond acceptors (Lipinski definition) is 2. The van der Waals surface area contributed by atoms with E-state index in [-0.39, 0.29) is 0 Å². The van der Waals surface area contributed by atoms with Crippen molar-refractivity contribution in [1.29, 1.82) is 0 Å². The van der Waals surface area contributed by atoms with Gasteiger partial charge < -0.3 is 10.2 Å². The molecular weight excluding hydrogens is 220 g/mol. The van der Waals surface area contributed by atoms with Gasteiger partial charge in [-0.2, -0.15) is 0 Å². The van der Waals surface area contributed by atoms with Crippen LogP contribution >= 0.6 is 0 Å². The Morgan fingerprint density at radius 2 is 1.94 bits per heavy atom. The molecule has 2 rings (SSSR count). The average molecular weight is 246 g/mol. The molecule has 2 nitrogen and oxygen atoms in total. The summed E-state index contributed by atoms with van der Waals surface area (Å²) in [5.41, 5.74) is 1.46. The van der Waals surface area contributed by atoms with E-state index in [9.17, 15) is 0 Å². The Kier molecular flexibility index (Phi) is 4.79. The third kappa shape index (κ3) is 3.82. The van der Waals surface area contributed by atoms with E-state index in [1.165, 1.54) is 31.6 Å². The SMILES string of the molecule is CC(C)NC1CCN(CC(C)c2ccccc2)C1. The number of nitrogens with zero attached hydrogens (tertiary/aromatic N) is 1. The number of likely N-dealkylation sites (tertiary alicyclic amines) is 1. The Labute approximate surface area is 111 Å². The summed E-state index contributed by atoms with van der Waals surface area (Å²) in [5.74, 6) is 0.629. The highest BCUT2D eigenvalue weighted by Crippen LogP contribution is 2.19. The molecular formula is C16H26N2. The summed E-state index contributed by atoms with van der Waals surface area (Å²) in [6.45, 7) is 10.4. The molecule has 0 radical (unpaired) electrons. The second-order valence-electron chi connectivity index (χ2n) is 5.88. The second kappa shape index (κ2) is 6.35. The van der Waals surface area contributed by atoms with Crippen molar-refractivity contribution in [1.82, 2.24) is 10.2 Å². The van der Waals surface area contributed by atoms with Crippen molar-refractivity contribution in [3.8, 4) is 0 Å². The van der Waals surface area contributed by atoms with Gasteiger partial charge in [0.15, 0.2) is 0 Å². The first-order valence-corrected chi connectivity index (χ1v) is 7.18. The van der Waals surface area contributed by atoms with Crippen LogP contribution in [0.1, 0.15) is 38.7 Å². The van der Waals surface area contributed by atoms with Crippen molar-refractivity contribution >= 4 is 0 Å². The summed E-state index contributed by atoms with van der Waals surface area (Å²) in [7, 11) is 0. The maximum Gasteiger partial charge on any atom is 0.0209 e. The lowest BCUT2D eigenvalue weighted by atomic mass is 10.0. The van der Waals surface area contributed by atoms with Crippen molar-refractivity contribution in [2.24, 2.45) is 0 Å². The van der Waals surface area contributed by atoms with E-state index < -0.39 is 0 Å². The molecule has 2 unspecified atom stereocenters. The molecule has 1 aromatic carbocycles. The molecule has 1 N–H and O–H groups in total. The number of nitrogens with one attached hydrogen (secondary N) is 1. The van der Waals surface area contributed by atoms with Crippen LogP contribution in [0.2, 0.25) is 0 Å². The first-order chi connectivity index (χ1) is 8.65. The molecule has 1 aliphatic heterocycles. The number of rotatable bonds is 5. The molecule has 2 atom stereocenters. The van der Waals surface area contributed by atoms with Gasteiger partial charge in [-0.1, -0.05) is 51.1 Å². The van der Waals surface area contributed by atoms with Crippen LogP contribution in [0.3, 0.4) is 0 Å². The predicted octanol–water partition coefficient (Wildman–Crippen LogP) is 2.86. The second-order valence-corrected chi connectivity index (χ2v) is 5.88. The highest BCUT2D eigenvalue weighted by Gasteiger charge is 2.23. The molecule has 0 aromatic heterocycles. The maximum absolute atomic E-state index is 3.64. The van der Waals surface area contributed by atoms with E-state index in [0.717, 1.165) is 0 Å². The van der Waals surface area contributed by atoms with Crippen molar-refractivity contribution < 1.29 is 0 Å². The molecule has 1 aliphatic rings. The Balaban J connectivity index is 1.81. The molecule has 18 heavy (non-hydrogen) atoms. The minimum Gasteiger partial charge on any atom is -0.310 e. The molecule has 0 amide bonds. The summed E-state index contributed by atoms with van der Waals surface area (Å²) in [5, 5.41) is 3.64. The standard InChI is InChI=1S/C16H26N2/c1-13(2)17-16-9-10-18(12-16)11-14(3)15-7-5-4-6-8-15/h4-8,13-14,16-17H,9-12H2,1-3H3. The van der Waals surface area contributed by atoms with Gasteiger partial charge in [-0.05, 0) is 24.4 Å². The highest BCUT2D eigenvalue weighted by molar-refractivity contribution is 5.19. The van der Waals surface area contributed by atoms with E-state index in [4.69, 9.17) is 0 Å². The van der Waals surface area contributed by atoms with Crippen molar-refractivity contribution in [3.05, 3.63) is 35.9 Å². The Bertz CT molecular complexity index is 347. The van der Waals surface area contributed by atoms with E-state index in [0.29, 0.717) is 18.0 Å². The molecule has 100 valence electrons. The molecule has 0 saturated carbocycles. The molecule has 0 aliphatic carbocycles. The molecule has 1 fully saturated rings. The fourth-order valence-electron chi connectivity index (χ4n) is 2.88. The maximum atomic E-state index is 3.64. The van der Waals surface area contributed by atoms with Crippen LogP contribution in [0, 0.1) is 0 Å². The number of hydrogen-bond donors (Lipinski definition) is 1. The minimum absolute atomic E-state index is 0.599. The van der Waals surface area contributed by atoms with Crippen molar-refractivity contribution in [2.45, 2.75) is 45.2 Å². The summed E-state index contributed by atoms with van der Waals surface area (Å²) < 4.78 is 0. The van der Waals surface area contributed by atoms with Crippen LogP contribution in [-0.2, 0) is 0 Å². The van der Waals surface area contributed by atoms with Gasteiger partial charge in [-0.3, -0.25) is 0 Å². The van der Waals surface area contributed by atoms with E-state index in [2.05, 4.69) is 61.3 Å². The van der Waals surface area contributed by atoms with Gasteiger partial charge in [-0.15, -0.1) is 0 Å². The lowest BCUT2D eigenvalue weighted by molar-refractivity contribution is 0.308.